The zero-order valence-corrected chi connectivity index (χ0v) is 6.34. The molecule has 0 bridgehead atoms. The molecule has 0 saturated carbocycles. The smallest absolute Gasteiger partial charge is 0.545 e. The van der Waals surface area contributed by atoms with Crippen LogP contribution in [-0.2, 0) is 0 Å². The maximum Gasteiger partial charge on any atom is 0.545 e. The van der Waals surface area contributed by atoms with Gasteiger partial charge in [-0.05, 0) is 0 Å². The van der Waals surface area contributed by atoms with Crippen molar-refractivity contribution in [3.8, 4) is 6.07 Å². The number of hydrogen-bond donors (Lipinski definition) is 0. The molecule has 1 heterocycles. The summed E-state index contributed by atoms with van der Waals surface area (Å²) in [6.07, 6.45) is 2.67. The lowest BCUT2D eigenvalue weighted by molar-refractivity contribution is -0.00000224. The molecule has 0 amide bonds. The molecule has 54 valence electrons. The number of halogens is 1. The van der Waals surface area contributed by atoms with Gasteiger partial charge in [0, 0.05) is 7.05 Å². The Bertz CT molecular complexity index is 162. The molecule has 0 unspecified atom stereocenters. The van der Waals surface area contributed by atoms with E-state index in [4.69, 9.17) is 5.26 Å². The first kappa shape index (κ1) is 8.96. The number of nitrogens with zero attached hydrogens (tertiary/aromatic N) is 4. The fraction of sp³-hybridized carbons (Fsp3) is 0.600. The van der Waals surface area contributed by atoms with E-state index >= 15 is 0 Å². The molecule has 1 aliphatic rings. The molecule has 0 N–H and O–H groups in total. The van der Waals surface area contributed by atoms with Crippen LogP contribution in [0.25, 0.3) is 0 Å². The van der Waals surface area contributed by atoms with Gasteiger partial charge < -0.3 is 12.4 Å². The van der Waals surface area contributed by atoms with Gasteiger partial charge in [-0.15, -0.1) is 4.90 Å². The molecule has 0 atom stereocenters. The van der Waals surface area contributed by atoms with Crippen LogP contribution in [0.15, 0.2) is 5.10 Å². The molecule has 0 spiro atoms. The van der Waals surface area contributed by atoms with Crippen LogP contribution >= 0.6 is 0 Å². The van der Waals surface area contributed by atoms with Crippen molar-refractivity contribution in [1.29, 1.82) is 5.26 Å². The van der Waals surface area contributed by atoms with Crippen LogP contribution in [0.4, 0.5) is 0 Å². The van der Waals surface area contributed by atoms with Crippen molar-refractivity contribution in [2.24, 2.45) is 5.10 Å². The van der Waals surface area contributed by atoms with Crippen molar-refractivity contribution < 1.29 is 12.4 Å². The van der Waals surface area contributed by atoms with E-state index in [0.717, 1.165) is 0 Å². The summed E-state index contributed by atoms with van der Waals surface area (Å²) < 4.78 is 0. The normalized spacial score (nSPS) is 14.0. The van der Waals surface area contributed by atoms with E-state index in [0.29, 0.717) is 13.2 Å². The number of rotatable bonds is 1. The Labute approximate surface area is 66.1 Å². The molecule has 0 aliphatic carbocycles. The fourth-order valence-corrected chi connectivity index (χ4v) is 0.621. The molecule has 5 heteroatoms. The van der Waals surface area contributed by atoms with Crippen molar-refractivity contribution in [2.75, 3.05) is 20.3 Å². The molecule has 4 nitrogen and oxygen atoms in total. The van der Waals surface area contributed by atoms with Crippen molar-refractivity contribution in [1.82, 2.24) is 9.91 Å². The summed E-state index contributed by atoms with van der Waals surface area (Å²) in [6, 6.07) is 2.01. The van der Waals surface area contributed by atoms with Crippen LogP contribution < -0.4 is 12.4 Å². The predicted octanol–water partition coefficient (Wildman–Crippen LogP) is -3.46. The van der Waals surface area contributed by atoms with Gasteiger partial charge in [-0.25, -0.2) is 5.01 Å². The standard InChI is InChI=1S/C5H7N4.ClH/c1-8-5-9(3-2-6)4-7-8;/h3,5H2,1H3;1H/q+1;/p-1. The van der Waals surface area contributed by atoms with Crippen molar-refractivity contribution >= 4 is 6.34 Å². The Morgan fingerprint density at radius 2 is 2.50 bits per heavy atom. The monoisotopic (exact) mass is 158 g/mol. The molecule has 0 aromatic rings. The highest BCUT2D eigenvalue weighted by atomic mass is 35.5. The highest BCUT2D eigenvalue weighted by Gasteiger charge is 2.23. The highest BCUT2D eigenvalue weighted by Crippen LogP contribution is 1.95. The Balaban J connectivity index is 0.000000810. The van der Waals surface area contributed by atoms with E-state index in [-0.39, 0.29) is 12.4 Å². The first-order chi connectivity index (χ1) is 4.33. The third-order valence-electron chi connectivity index (χ3n) is 0.994. The van der Waals surface area contributed by atoms with Gasteiger partial charge in [0.2, 0.25) is 0 Å². The summed E-state index contributed by atoms with van der Waals surface area (Å²) in [7, 11) is 1.84. The van der Waals surface area contributed by atoms with E-state index < -0.39 is 0 Å². The lowest BCUT2D eigenvalue weighted by Gasteiger charge is -1.99. The topological polar surface area (TPSA) is 42.6 Å². The molecule has 0 fully saturated rings. The van der Waals surface area contributed by atoms with Crippen molar-refractivity contribution in [2.45, 2.75) is 0 Å². The summed E-state index contributed by atoms with van der Waals surface area (Å²) in [4.78, 5) is 1.71. The van der Waals surface area contributed by atoms with Crippen LogP contribution in [0, 0.1) is 11.3 Å². The molecule has 0 saturated heterocycles. The summed E-state index contributed by atoms with van der Waals surface area (Å²) in [5.41, 5.74) is 0. The van der Waals surface area contributed by atoms with Crippen molar-refractivity contribution in [3.05, 3.63) is 0 Å². The maximum absolute atomic E-state index is 8.22. The van der Waals surface area contributed by atoms with Gasteiger partial charge in [-0.2, -0.15) is 5.26 Å². The zero-order valence-electron chi connectivity index (χ0n) is 5.58. The SMILES string of the molecule is CN1CN(CC#N)[C+]=N1.[Cl-]. The summed E-state index contributed by atoms with van der Waals surface area (Å²) >= 11 is 0. The quantitative estimate of drug-likeness (QED) is 0.294. The molecule has 10 heavy (non-hydrogen) atoms. The van der Waals surface area contributed by atoms with Crippen molar-refractivity contribution in [3.63, 3.8) is 0 Å². The second kappa shape index (κ2) is 3.89. The maximum atomic E-state index is 8.22. The second-order valence-electron chi connectivity index (χ2n) is 1.86. The van der Waals surface area contributed by atoms with E-state index in [9.17, 15) is 0 Å². The Kier molecular flexibility index (Phi) is 3.48. The minimum atomic E-state index is 0. The average Bonchev–Trinajstić information content (AvgIpc) is 2.17. The molecule has 1 aliphatic heterocycles. The van der Waals surface area contributed by atoms with E-state index in [1.807, 2.05) is 13.1 Å². The van der Waals surface area contributed by atoms with E-state index in [1.165, 1.54) is 0 Å². The van der Waals surface area contributed by atoms with Gasteiger partial charge >= 0.3 is 6.34 Å². The Morgan fingerprint density at radius 1 is 1.80 bits per heavy atom. The number of nitriles is 1. The van der Waals surface area contributed by atoms with E-state index in [1.54, 1.807) is 9.91 Å². The first-order valence-corrected chi connectivity index (χ1v) is 2.62. The first-order valence-electron chi connectivity index (χ1n) is 2.62. The molecular weight excluding hydrogens is 152 g/mol. The minimum Gasteiger partial charge on any atom is -1.00 e. The van der Waals surface area contributed by atoms with Gasteiger partial charge in [0.05, 0.1) is 6.07 Å². The number of hydrogen-bond acceptors (Lipinski definition) is 4. The summed E-state index contributed by atoms with van der Waals surface area (Å²) in [5.74, 6) is 0. The predicted molar refractivity (Wildman–Crippen MR) is 32.4 cm³/mol. The molecule has 0 aromatic carbocycles. The Hall–Kier alpha value is -1.04. The van der Waals surface area contributed by atoms with Gasteiger partial charge in [0.25, 0.3) is 0 Å². The summed E-state index contributed by atoms with van der Waals surface area (Å²) in [5, 5.41) is 13.7. The van der Waals surface area contributed by atoms with Crippen LogP contribution in [0.3, 0.4) is 0 Å². The lowest BCUT2D eigenvalue weighted by Crippen LogP contribution is -3.00. The van der Waals surface area contributed by atoms with Gasteiger partial charge in [-0.1, -0.05) is 0 Å². The molecule has 1 rings (SSSR count). The average molecular weight is 159 g/mol. The van der Waals surface area contributed by atoms with Gasteiger partial charge in [0.1, 0.15) is 5.10 Å². The third kappa shape index (κ3) is 2.06. The molecular formula is C5H7ClN4. The highest BCUT2D eigenvalue weighted by molar-refractivity contribution is 5.56. The summed E-state index contributed by atoms with van der Waals surface area (Å²) in [6.45, 7) is 1.04. The minimum absolute atomic E-state index is 0. The Morgan fingerprint density at radius 3 is 2.90 bits per heavy atom. The zero-order chi connectivity index (χ0) is 6.69. The van der Waals surface area contributed by atoms with Gasteiger partial charge in [-0.3, -0.25) is 0 Å². The largest absolute Gasteiger partial charge is 1.00 e. The fourth-order valence-electron chi connectivity index (χ4n) is 0.621. The molecule has 0 radical (unpaired) electrons. The van der Waals surface area contributed by atoms with Crippen LogP contribution in [0.1, 0.15) is 0 Å². The molecule has 0 aromatic heterocycles. The van der Waals surface area contributed by atoms with E-state index in [2.05, 4.69) is 11.4 Å². The van der Waals surface area contributed by atoms with Gasteiger partial charge in [0.15, 0.2) is 13.2 Å². The number of hydrazone groups is 1. The van der Waals surface area contributed by atoms with Crippen LogP contribution in [0.2, 0.25) is 0 Å². The second-order valence-corrected chi connectivity index (χ2v) is 1.86. The van der Waals surface area contributed by atoms with Crippen LogP contribution in [0.5, 0.6) is 0 Å². The third-order valence-corrected chi connectivity index (χ3v) is 0.994. The van der Waals surface area contributed by atoms with Crippen LogP contribution in [-0.4, -0.2) is 36.5 Å². The lowest BCUT2D eigenvalue weighted by atomic mass is 10.6.